The standard InChI is InChI=1S/C33H67N.C27H55N/c1-5-7-9-11-13-14-15-16-17-18-19-20-21-22-23-24-26-28-30-32-33(34(3)4)31-29-27-25-12-10-8-6-2;1-5-7-9-11-12-13-14-15-16-17-18-19-20-22-24-26-27(28(3)4)25-23-21-10-8-6-2/h16-17,33H,5-15,18-32H2,1-4H3;15-16,27H,5-14,17-26H2,1-4H3/b17-16-;16-15-. The van der Waals surface area contributed by atoms with Gasteiger partial charge in [0.2, 0.25) is 0 Å². The molecule has 0 aliphatic heterocycles. The lowest BCUT2D eigenvalue weighted by Gasteiger charge is -2.24. The SMILES string of the molecule is CCCCCCCC/C=C\CCCCCCCC(CCCCCCC)N(C)C.CCCCCCCC/C=C\CCCCCCCCCCCC(CCCCCCCCC)N(C)C. The minimum absolute atomic E-state index is 0.812. The second kappa shape index (κ2) is 56.5. The van der Waals surface area contributed by atoms with Crippen molar-refractivity contribution in [2.75, 3.05) is 28.2 Å². The summed E-state index contributed by atoms with van der Waals surface area (Å²) in [6.07, 6.45) is 74.8. The number of hydrogen-bond acceptors (Lipinski definition) is 2. The average molecular weight is 872 g/mol. The van der Waals surface area contributed by atoms with Crippen molar-refractivity contribution >= 4 is 0 Å². The lowest BCUT2D eigenvalue weighted by atomic mass is 9.99. The second-order valence-electron chi connectivity index (χ2n) is 20.5. The molecule has 0 aromatic rings. The summed E-state index contributed by atoms with van der Waals surface area (Å²) in [5.74, 6) is 0. The van der Waals surface area contributed by atoms with Gasteiger partial charge in [-0.15, -0.1) is 0 Å². The zero-order valence-corrected chi connectivity index (χ0v) is 44.9. The van der Waals surface area contributed by atoms with Crippen molar-refractivity contribution in [3.8, 4) is 0 Å². The van der Waals surface area contributed by atoms with E-state index < -0.39 is 0 Å². The van der Waals surface area contributed by atoms with Crippen molar-refractivity contribution in [3.05, 3.63) is 24.3 Å². The predicted octanol–water partition coefficient (Wildman–Crippen LogP) is 21.0. The van der Waals surface area contributed by atoms with Crippen LogP contribution in [-0.4, -0.2) is 50.1 Å². The molecule has 2 nitrogen and oxygen atoms in total. The van der Waals surface area contributed by atoms with Gasteiger partial charge in [-0.25, -0.2) is 0 Å². The fraction of sp³-hybridized carbons (Fsp3) is 0.933. The minimum Gasteiger partial charge on any atom is -0.306 e. The zero-order valence-electron chi connectivity index (χ0n) is 44.9. The minimum atomic E-state index is 0.812. The van der Waals surface area contributed by atoms with Crippen LogP contribution in [0.15, 0.2) is 24.3 Å². The zero-order chi connectivity index (χ0) is 45.7. The van der Waals surface area contributed by atoms with Crippen LogP contribution in [0.5, 0.6) is 0 Å². The summed E-state index contributed by atoms with van der Waals surface area (Å²) < 4.78 is 0. The normalized spacial score (nSPS) is 12.9. The van der Waals surface area contributed by atoms with Gasteiger partial charge in [0.05, 0.1) is 0 Å². The van der Waals surface area contributed by atoms with E-state index in [9.17, 15) is 0 Å². The van der Waals surface area contributed by atoms with E-state index in [0.717, 1.165) is 12.1 Å². The molecule has 2 unspecified atom stereocenters. The molecule has 0 spiro atoms. The number of hydrogen-bond donors (Lipinski definition) is 0. The lowest BCUT2D eigenvalue weighted by Crippen LogP contribution is -2.27. The van der Waals surface area contributed by atoms with E-state index in [4.69, 9.17) is 0 Å². The first-order valence-electron chi connectivity index (χ1n) is 29.1. The maximum atomic E-state index is 2.49. The molecule has 0 aliphatic rings. The fourth-order valence-corrected chi connectivity index (χ4v) is 9.25. The molecular formula is C60H122N2. The Bertz CT molecular complexity index is 829. The topological polar surface area (TPSA) is 6.48 Å². The first-order chi connectivity index (χ1) is 30.4. The Balaban J connectivity index is 0. The maximum Gasteiger partial charge on any atom is 0.00891 e. The van der Waals surface area contributed by atoms with Crippen LogP contribution in [0.1, 0.15) is 323 Å². The summed E-state index contributed by atoms with van der Waals surface area (Å²) in [6, 6.07) is 1.63. The van der Waals surface area contributed by atoms with Gasteiger partial charge in [0, 0.05) is 12.1 Å². The number of nitrogens with zero attached hydrogens (tertiary/aromatic N) is 2. The first kappa shape index (κ1) is 63.5. The number of rotatable bonds is 50. The molecule has 372 valence electrons. The Morgan fingerprint density at radius 1 is 0.226 bits per heavy atom. The summed E-state index contributed by atoms with van der Waals surface area (Å²) in [5.41, 5.74) is 0. The van der Waals surface area contributed by atoms with Crippen LogP contribution in [0.4, 0.5) is 0 Å². The van der Waals surface area contributed by atoms with Gasteiger partial charge >= 0.3 is 0 Å². The molecular weight excluding hydrogens is 749 g/mol. The molecule has 62 heavy (non-hydrogen) atoms. The van der Waals surface area contributed by atoms with Crippen molar-refractivity contribution in [2.45, 2.75) is 335 Å². The molecule has 0 saturated carbocycles. The second-order valence-corrected chi connectivity index (χ2v) is 20.5. The van der Waals surface area contributed by atoms with Gasteiger partial charge in [-0.3, -0.25) is 0 Å². The molecule has 0 amide bonds. The van der Waals surface area contributed by atoms with Crippen LogP contribution in [-0.2, 0) is 0 Å². The van der Waals surface area contributed by atoms with E-state index in [1.54, 1.807) is 0 Å². The first-order valence-corrected chi connectivity index (χ1v) is 29.1. The molecule has 0 saturated heterocycles. The van der Waals surface area contributed by atoms with E-state index in [1.807, 2.05) is 0 Å². The molecule has 0 aromatic carbocycles. The van der Waals surface area contributed by atoms with Crippen LogP contribution < -0.4 is 0 Å². The average Bonchev–Trinajstić information content (AvgIpc) is 3.26. The Morgan fingerprint density at radius 3 is 0.565 bits per heavy atom. The van der Waals surface area contributed by atoms with Gasteiger partial charge < -0.3 is 9.80 Å². The third-order valence-corrected chi connectivity index (χ3v) is 13.8. The molecule has 0 aromatic heterocycles. The van der Waals surface area contributed by atoms with Gasteiger partial charge in [0.15, 0.2) is 0 Å². The van der Waals surface area contributed by atoms with Crippen molar-refractivity contribution in [3.63, 3.8) is 0 Å². The molecule has 0 rings (SSSR count). The highest BCUT2D eigenvalue weighted by Gasteiger charge is 2.11. The van der Waals surface area contributed by atoms with Crippen LogP contribution in [0.2, 0.25) is 0 Å². The van der Waals surface area contributed by atoms with E-state index in [2.05, 4.69) is 90.0 Å². The van der Waals surface area contributed by atoms with E-state index in [1.165, 1.54) is 295 Å². The van der Waals surface area contributed by atoms with Gasteiger partial charge in [-0.05, 0) is 105 Å². The summed E-state index contributed by atoms with van der Waals surface area (Å²) in [7, 11) is 9.12. The third kappa shape index (κ3) is 53.7. The van der Waals surface area contributed by atoms with Crippen LogP contribution in [0, 0.1) is 0 Å². The Hall–Kier alpha value is -0.600. The monoisotopic (exact) mass is 871 g/mol. The molecule has 2 atom stereocenters. The van der Waals surface area contributed by atoms with Gasteiger partial charge in [-0.2, -0.15) is 0 Å². The molecule has 0 heterocycles. The molecule has 0 radical (unpaired) electrons. The van der Waals surface area contributed by atoms with E-state index >= 15 is 0 Å². The van der Waals surface area contributed by atoms with Gasteiger partial charge in [0.1, 0.15) is 0 Å². The summed E-state index contributed by atoms with van der Waals surface area (Å²) in [5, 5.41) is 0. The molecule has 0 aliphatic carbocycles. The Kier molecular flexibility index (Phi) is 57.9. The van der Waals surface area contributed by atoms with Gasteiger partial charge in [-0.1, -0.05) is 270 Å². The maximum absolute atomic E-state index is 2.49. The van der Waals surface area contributed by atoms with Crippen molar-refractivity contribution < 1.29 is 0 Å². The largest absolute Gasteiger partial charge is 0.306 e. The van der Waals surface area contributed by atoms with Crippen molar-refractivity contribution in [2.24, 2.45) is 0 Å². The highest BCUT2D eigenvalue weighted by Crippen LogP contribution is 2.19. The third-order valence-electron chi connectivity index (χ3n) is 13.8. The van der Waals surface area contributed by atoms with Crippen LogP contribution in [0.25, 0.3) is 0 Å². The quantitative estimate of drug-likeness (QED) is 0.0444. The van der Waals surface area contributed by atoms with Crippen LogP contribution in [0.3, 0.4) is 0 Å². The number of allylic oxidation sites excluding steroid dienone is 4. The summed E-state index contributed by atoms with van der Waals surface area (Å²) in [6.45, 7) is 9.19. The highest BCUT2D eigenvalue weighted by atomic mass is 15.1. The Morgan fingerprint density at radius 2 is 0.387 bits per heavy atom. The van der Waals surface area contributed by atoms with Crippen molar-refractivity contribution in [1.29, 1.82) is 0 Å². The highest BCUT2D eigenvalue weighted by molar-refractivity contribution is 4.82. The summed E-state index contributed by atoms with van der Waals surface area (Å²) >= 11 is 0. The van der Waals surface area contributed by atoms with Crippen LogP contribution >= 0.6 is 0 Å². The fourth-order valence-electron chi connectivity index (χ4n) is 9.25. The molecule has 2 heteroatoms. The number of unbranched alkanes of at least 4 members (excludes halogenated alkanes) is 36. The lowest BCUT2D eigenvalue weighted by molar-refractivity contribution is 0.251. The van der Waals surface area contributed by atoms with E-state index in [-0.39, 0.29) is 0 Å². The van der Waals surface area contributed by atoms with E-state index in [0.29, 0.717) is 0 Å². The molecule has 0 N–H and O–H groups in total. The molecule has 0 bridgehead atoms. The Labute approximate surface area is 395 Å². The molecule has 0 fully saturated rings. The van der Waals surface area contributed by atoms with Crippen molar-refractivity contribution in [1.82, 2.24) is 9.80 Å². The smallest absolute Gasteiger partial charge is 0.00891 e. The van der Waals surface area contributed by atoms with Gasteiger partial charge in [0.25, 0.3) is 0 Å². The predicted molar refractivity (Wildman–Crippen MR) is 288 cm³/mol. The summed E-state index contributed by atoms with van der Waals surface area (Å²) in [4.78, 5) is 4.95.